The predicted molar refractivity (Wildman–Crippen MR) is 79.0 cm³/mol. The summed E-state index contributed by atoms with van der Waals surface area (Å²) in [7, 11) is 1.68. The van der Waals surface area contributed by atoms with Crippen molar-refractivity contribution < 1.29 is 14.7 Å². The van der Waals surface area contributed by atoms with Crippen molar-refractivity contribution in [3.8, 4) is 0 Å². The van der Waals surface area contributed by atoms with Gasteiger partial charge in [0.15, 0.2) is 0 Å². The maximum absolute atomic E-state index is 12.0. The quantitative estimate of drug-likeness (QED) is 0.874. The summed E-state index contributed by atoms with van der Waals surface area (Å²) in [6.45, 7) is 2.16. The molecular formula is C14H17Cl2NO3. The van der Waals surface area contributed by atoms with Gasteiger partial charge in [-0.1, -0.05) is 36.2 Å². The average molecular weight is 318 g/mol. The second kappa shape index (κ2) is 7.50. The fourth-order valence-electron chi connectivity index (χ4n) is 1.82. The largest absolute Gasteiger partial charge is 0.481 e. The molecule has 4 nitrogen and oxygen atoms in total. The average Bonchev–Trinajstić information content (AvgIpc) is 2.32. The van der Waals surface area contributed by atoms with E-state index >= 15 is 0 Å². The van der Waals surface area contributed by atoms with Gasteiger partial charge in [-0.2, -0.15) is 0 Å². The Morgan fingerprint density at radius 3 is 2.45 bits per heavy atom. The van der Waals surface area contributed by atoms with Crippen molar-refractivity contribution in [1.82, 2.24) is 4.90 Å². The van der Waals surface area contributed by atoms with E-state index in [2.05, 4.69) is 0 Å². The van der Waals surface area contributed by atoms with Crippen molar-refractivity contribution >= 4 is 35.1 Å². The highest BCUT2D eigenvalue weighted by Gasteiger charge is 2.16. The van der Waals surface area contributed by atoms with E-state index in [-0.39, 0.29) is 24.7 Å². The first-order chi connectivity index (χ1) is 9.29. The highest BCUT2D eigenvalue weighted by Crippen LogP contribution is 2.23. The lowest BCUT2D eigenvalue weighted by atomic mass is 10.0. The number of amides is 1. The molecule has 1 amide bonds. The van der Waals surface area contributed by atoms with E-state index in [4.69, 9.17) is 28.3 Å². The number of carboxylic acid groups (broad SMARTS) is 1. The molecule has 0 aliphatic heterocycles. The Kier molecular flexibility index (Phi) is 6.30. The smallest absolute Gasteiger partial charge is 0.303 e. The van der Waals surface area contributed by atoms with Gasteiger partial charge < -0.3 is 10.0 Å². The van der Waals surface area contributed by atoms with Crippen molar-refractivity contribution in [3.05, 3.63) is 33.8 Å². The SMILES string of the molecule is CC(CC(=O)O)CC(=O)N(C)Cc1ccc(Cl)c(Cl)c1. The summed E-state index contributed by atoms with van der Waals surface area (Å²) in [6, 6.07) is 5.21. The third-order valence-electron chi connectivity index (χ3n) is 2.88. The van der Waals surface area contributed by atoms with E-state index in [1.54, 1.807) is 37.1 Å². The Hall–Kier alpha value is -1.26. The van der Waals surface area contributed by atoms with E-state index in [0.29, 0.717) is 16.6 Å². The Morgan fingerprint density at radius 2 is 1.90 bits per heavy atom. The molecule has 0 radical (unpaired) electrons. The number of benzene rings is 1. The van der Waals surface area contributed by atoms with Gasteiger partial charge in [0.05, 0.1) is 10.0 Å². The third-order valence-corrected chi connectivity index (χ3v) is 3.61. The molecule has 0 bridgehead atoms. The molecule has 0 aliphatic rings. The molecule has 0 aliphatic carbocycles. The monoisotopic (exact) mass is 317 g/mol. The standard InChI is InChI=1S/C14H17Cl2NO3/c1-9(6-14(19)20)5-13(18)17(2)8-10-3-4-11(15)12(16)7-10/h3-4,7,9H,5-6,8H2,1-2H3,(H,19,20). The predicted octanol–water partition coefficient (Wildman–Crippen LogP) is 3.45. The minimum absolute atomic E-state index is 0.00759. The first kappa shape index (κ1) is 16.8. The fraction of sp³-hybridized carbons (Fsp3) is 0.429. The summed E-state index contributed by atoms with van der Waals surface area (Å²) in [5.41, 5.74) is 0.876. The van der Waals surface area contributed by atoms with Gasteiger partial charge in [0.1, 0.15) is 0 Å². The Bertz CT molecular complexity index is 505. The minimum Gasteiger partial charge on any atom is -0.481 e. The molecule has 1 aromatic rings. The lowest BCUT2D eigenvalue weighted by Crippen LogP contribution is -2.28. The van der Waals surface area contributed by atoms with Crippen LogP contribution in [-0.4, -0.2) is 28.9 Å². The molecular weight excluding hydrogens is 301 g/mol. The maximum atomic E-state index is 12.0. The molecule has 6 heteroatoms. The van der Waals surface area contributed by atoms with E-state index < -0.39 is 5.97 Å². The molecule has 1 aromatic carbocycles. The molecule has 0 aromatic heterocycles. The molecule has 110 valence electrons. The number of carboxylic acids is 1. The van der Waals surface area contributed by atoms with Crippen LogP contribution in [0.15, 0.2) is 18.2 Å². The van der Waals surface area contributed by atoms with Crippen LogP contribution < -0.4 is 0 Å². The molecule has 1 N–H and O–H groups in total. The summed E-state index contributed by atoms with van der Waals surface area (Å²) >= 11 is 11.7. The zero-order valence-corrected chi connectivity index (χ0v) is 12.9. The van der Waals surface area contributed by atoms with Gasteiger partial charge in [-0.3, -0.25) is 9.59 Å². The summed E-state index contributed by atoms with van der Waals surface area (Å²) in [5, 5.41) is 9.60. The van der Waals surface area contributed by atoms with Crippen LogP contribution in [0.3, 0.4) is 0 Å². The number of hydrogen-bond donors (Lipinski definition) is 1. The highest BCUT2D eigenvalue weighted by atomic mass is 35.5. The lowest BCUT2D eigenvalue weighted by Gasteiger charge is -2.19. The topological polar surface area (TPSA) is 57.6 Å². The third kappa shape index (κ3) is 5.39. The van der Waals surface area contributed by atoms with Gasteiger partial charge in [-0.05, 0) is 23.6 Å². The van der Waals surface area contributed by atoms with Gasteiger partial charge in [0.2, 0.25) is 5.91 Å². The van der Waals surface area contributed by atoms with Gasteiger partial charge in [-0.15, -0.1) is 0 Å². The van der Waals surface area contributed by atoms with Crippen molar-refractivity contribution in [3.63, 3.8) is 0 Å². The number of rotatable bonds is 6. The van der Waals surface area contributed by atoms with Crippen molar-refractivity contribution in [2.24, 2.45) is 5.92 Å². The van der Waals surface area contributed by atoms with Crippen LogP contribution in [0.25, 0.3) is 0 Å². The molecule has 1 rings (SSSR count). The zero-order chi connectivity index (χ0) is 15.3. The van der Waals surface area contributed by atoms with Crippen molar-refractivity contribution in [2.45, 2.75) is 26.3 Å². The Morgan fingerprint density at radius 1 is 1.25 bits per heavy atom. The molecule has 0 saturated heterocycles. The number of carbonyl (C=O) groups excluding carboxylic acids is 1. The van der Waals surface area contributed by atoms with E-state index in [9.17, 15) is 9.59 Å². The Labute approximate surface area is 128 Å². The van der Waals surface area contributed by atoms with Crippen molar-refractivity contribution in [1.29, 1.82) is 0 Å². The number of carbonyl (C=O) groups is 2. The molecule has 0 saturated carbocycles. The highest BCUT2D eigenvalue weighted by molar-refractivity contribution is 6.42. The van der Waals surface area contributed by atoms with Gasteiger partial charge >= 0.3 is 5.97 Å². The van der Waals surface area contributed by atoms with E-state index in [1.807, 2.05) is 0 Å². The van der Waals surface area contributed by atoms with Gasteiger partial charge in [0.25, 0.3) is 0 Å². The minimum atomic E-state index is -0.891. The molecule has 20 heavy (non-hydrogen) atoms. The van der Waals surface area contributed by atoms with Crippen molar-refractivity contribution in [2.75, 3.05) is 7.05 Å². The van der Waals surface area contributed by atoms with Crippen LogP contribution in [0.5, 0.6) is 0 Å². The van der Waals surface area contributed by atoms with Crippen LogP contribution >= 0.6 is 23.2 Å². The van der Waals surface area contributed by atoms with Crippen LogP contribution in [0.2, 0.25) is 10.0 Å². The first-order valence-electron chi connectivity index (χ1n) is 6.19. The molecule has 1 unspecified atom stereocenters. The molecule has 1 atom stereocenters. The summed E-state index contributed by atoms with van der Waals surface area (Å²) in [4.78, 5) is 24.1. The number of nitrogens with zero attached hydrogens (tertiary/aromatic N) is 1. The normalized spacial score (nSPS) is 12.0. The fourth-order valence-corrected chi connectivity index (χ4v) is 2.14. The first-order valence-corrected chi connectivity index (χ1v) is 6.95. The number of halogens is 2. The number of aliphatic carboxylic acids is 1. The number of hydrogen-bond acceptors (Lipinski definition) is 2. The summed E-state index contributed by atoms with van der Waals surface area (Å²) in [6.07, 6.45) is 0.205. The Balaban J connectivity index is 2.56. The van der Waals surface area contributed by atoms with Crippen LogP contribution in [-0.2, 0) is 16.1 Å². The lowest BCUT2D eigenvalue weighted by molar-refractivity contribution is -0.138. The second-order valence-electron chi connectivity index (χ2n) is 4.91. The maximum Gasteiger partial charge on any atom is 0.303 e. The van der Waals surface area contributed by atoms with Crippen LogP contribution in [0.4, 0.5) is 0 Å². The van der Waals surface area contributed by atoms with Gasteiger partial charge in [0, 0.05) is 26.4 Å². The zero-order valence-electron chi connectivity index (χ0n) is 11.4. The van der Waals surface area contributed by atoms with E-state index in [0.717, 1.165) is 5.56 Å². The van der Waals surface area contributed by atoms with Gasteiger partial charge in [-0.25, -0.2) is 0 Å². The van der Waals surface area contributed by atoms with Crippen LogP contribution in [0, 0.1) is 5.92 Å². The molecule has 0 heterocycles. The van der Waals surface area contributed by atoms with Crippen LogP contribution in [0.1, 0.15) is 25.3 Å². The van der Waals surface area contributed by atoms with E-state index in [1.165, 1.54) is 0 Å². The second-order valence-corrected chi connectivity index (χ2v) is 5.72. The summed E-state index contributed by atoms with van der Waals surface area (Å²) < 4.78 is 0. The molecule has 0 fully saturated rings. The molecule has 0 spiro atoms. The summed E-state index contributed by atoms with van der Waals surface area (Å²) in [5.74, 6) is -1.17.